The van der Waals surface area contributed by atoms with Crippen molar-refractivity contribution in [2.24, 2.45) is 0 Å². The van der Waals surface area contributed by atoms with Crippen molar-refractivity contribution in [3.05, 3.63) is 124 Å². The van der Waals surface area contributed by atoms with Gasteiger partial charge in [-0.1, -0.05) is 48.5 Å². The molecule has 0 saturated carbocycles. The minimum atomic E-state index is -4.95. The molecule has 0 radical (unpaired) electrons. The largest absolute Gasteiger partial charge is 0.573 e. The van der Waals surface area contributed by atoms with Crippen LogP contribution in [-0.4, -0.2) is 50.5 Å². The topological polar surface area (TPSA) is 102 Å². The summed E-state index contributed by atoms with van der Waals surface area (Å²) in [5.41, 5.74) is -2.96. The van der Waals surface area contributed by atoms with E-state index >= 15 is 0 Å². The summed E-state index contributed by atoms with van der Waals surface area (Å²) in [7, 11) is 0. The zero-order valence-corrected chi connectivity index (χ0v) is 32.7. The second kappa shape index (κ2) is 14.2. The van der Waals surface area contributed by atoms with Crippen LogP contribution in [0.2, 0.25) is 0 Å². The number of aliphatic hydroxyl groups excluding tert-OH is 2. The first-order valence-corrected chi connectivity index (χ1v) is 18.3. The minimum Gasteiger partial charge on any atom is -0.508 e. The van der Waals surface area contributed by atoms with Crippen LogP contribution < -0.4 is 4.74 Å². The van der Waals surface area contributed by atoms with E-state index < -0.39 is 57.7 Å². The number of hydrogen-bond acceptors (Lipinski definition) is 7. The van der Waals surface area contributed by atoms with Gasteiger partial charge >= 0.3 is 6.36 Å². The van der Waals surface area contributed by atoms with E-state index in [-0.39, 0.29) is 52.2 Å². The Hall–Kier alpha value is -5.33. The van der Waals surface area contributed by atoms with Crippen molar-refractivity contribution in [1.82, 2.24) is 0 Å². The number of aryl methyl sites for hydroxylation is 2. The van der Waals surface area contributed by atoms with Crippen LogP contribution in [0.15, 0.2) is 90.4 Å². The number of ether oxygens (including phenoxy) is 3. The second-order valence-electron chi connectivity index (χ2n) is 16.1. The van der Waals surface area contributed by atoms with Crippen molar-refractivity contribution in [1.29, 1.82) is 0 Å². The first kappa shape index (κ1) is 41.3. The van der Waals surface area contributed by atoms with Gasteiger partial charge in [-0.2, -0.15) is 0 Å². The Morgan fingerprint density at radius 3 is 1.84 bits per heavy atom. The molecule has 0 amide bonds. The molecule has 0 bridgehead atoms. The molecule has 1 unspecified atom stereocenters. The summed E-state index contributed by atoms with van der Waals surface area (Å²) in [6, 6.07) is 18.7. The second-order valence-corrected chi connectivity index (χ2v) is 16.1. The van der Waals surface area contributed by atoms with Crippen LogP contribution in [0.3, 0.4) is 0 Å². The quantitative estimate of drug-likeness (QED) is 0.171. The third-order valence-corrected chi connectivity index (χ3v) is 10.5. The van der Waals surface area contributed by atoms with Gasteiger partial charge in [0.05, 0.1) is 11.1 Å². The number of rotatable bonds is 8. The molecule has 2 aliphatic rings. The number of hydrogen-bond donors (Lipinski definition) is 2. The van der Waals surface area contributed by atoms with E-state index in [4.69, 9.17) is 9.47 Å². The van der Waals surface area contributed by atoms with Gasteiger partial charge in [0.15, 0.2) is 23.2 Å². The lowest BCUT2D eigenvalue weighted by Crippen LogP contribution is -2.51. The highest BCUT2D eigenvalue weighted by molar-refractivity contribution is 6.27. The summed E-state index contributed by atoms with van der Waals surface area (Å²) >= 11 is 0. The molecule has 0 aromatic heterocycles. The van der Waals surface area contributed by atoms with E-state index in [0.29, 0.717) is 27.8 Å². The molecule has 2 heterocycles. The molecule has 1 atom stereocenters. The molecule has 2 aliphatic heterocycles. The maximum atomic E-state index is 14.7. The number of para-hydroxylation sites is 1. The Kier molecular flexibility index (Phi) is 10.3. The third kappa shape index (κ3) is 7.85. The molecule has 0 aliphatic carbocycles. The molecule has 7 nitrogen and oxygen atoms in total. The molecule has 4 aromatic rings. The minimum absolute atomic E-state index is 0.00389. The van der Waals surface area contributed by atoms with Crippen LogP contribution in [-0.2, 0) is 25.5 Å². The molecule has 0 fully saturated rings. The fourth-order valence-electron chi connectivity index (χ4n) is 7.67. The number of carbonyl (C=O) groups excluding carboxylic acids is 2. The molecule has 4 aromatic carbocycles. The van der Waals surface area contributed by atoms with Gasteiger partial charge < -0.3 is 24.4 Å². The molecule has 6 rings (SSSR count). The van der Waals surface area contributed by atoms with Crippen LogP contribution in [0.25, 0.3) is 33.4 Å². The van der Waals surface area contributed by atoms with Crippen LogP contribution >= 0.6 is 0 Å². The average Bonchev–Trinajstić information content (AvgIpc) is 3.11. The number of carbonyl (C=O) groups is 2. The Bertz CT molecular complexity index is 2370. The van der Waals surface area contributed by atoms with E-state index in [2.05, 4.69) is 4.74 Å². The first-order chi connectivity index (χ1) is 26.3. The SMILES string of the molecule is Cc1ccc(-c2ccccc2OC(F)(F)F)cc1C1=C(O)C(C)(C)OC(C)(CCc2ccc(-c3ccc(F)c(F)c3)cc2C2=C(O)C(C)(C)OC(C)(C)C2=O)C1=O. The number of alkyl halides is 3. The lowest BCUT2D eigenvalue weighted by Gasteiger charge is -2.43. The predicted molar refractivity (Wildman–Crippen MR) is 205 cm³/mol. The monoisotopic (exact) mass is 790 g/mol. The van der Waals surface area contributed by atoms with Crippen LogP contribution in [0.1, 0.15) is 77.1 Å². The Morgan fingerprint density at radius 1 is 0.632 bits per heavy atom. The fraction of sp³-hybridized carbons (Fsp3) is 0.333. The van der Waals surface area contributed by atoms with Gasteiger partial charge in [0, 0.05) is 5.56 Å². The van der Waals surface area contributed by atoms with Gasteiger partial charge in [-0.3, -0.25) is 9.59 Å². The molecule has 300 valence electrons. The number of ketones is 2. The van der Waals surface area contributed by atoms with E-state index in [1.165, 1.54) is 30.3 Å². The number of Topliss-reactive ketones (excluding diaryl/α,β-unsaturated/α-hetero) is 2. The maximum absolute atomic E-state index is 14.7. The smallest absolute Gasteiger partial charge is 0.508 e. The highest BCUT2D eigenvalue weighted by Crippen LogP contribution is 2.46. The van der Waals surface area contributed by atoms with E-state index in [1.54, 1.807) is 91.8 Å². The van der Waals surface area contributed by atoms with Crippen molar-refractivity contribution < 1.29 is 56.0 Å². The summed E-state index contributed by atoms with van der Waals surface area (Å²) < 4.78 is 84.9. The van der Waals surface area contributed by atoms with Crippen LogP contribution in [0.4, 0.5) is 22.0 Å². The van der Waals surface area contributed by atoms with Gasteiger partial charge in [0.2, 0.25) is 0 Å². The van der Waals surface area contributed by atoms with E-state index in [9.17, 15) is 41.8 Å². The molecular formula is C45H43F5O7. The maximum Gasteiger partial charge on any atom is 0.573 e. The first-order valence-electron chi connectivity index (χ1n) is 18.3. The third-order valence-electron chi connectivity index (χ3n) is 10.5. The Balaban J connectivity index is 1.43. The molecule has 12 heteroatoms. The Labute approximate surface area is 327 Å². The normalized spacial score (nSPS) is 20.6. The van der Waals surface area contributed by atoms with Gasteiger partial charge in [0.1, 0.15) is 39.7 Å². The van der Waals surface area contributed by atoms with Gasteiger partial charge in [-0.15, -0.1) is 13.2 Å². The summed E-state index contributed by atoms with van der Waals surface area (Å²) in [5.74, 6) is -4.36. The summed E-state index contributed by atoms with van der Waals surface area (Å²) in [4.78, 5) is 28.7. The van der Waals surface area contributed by atoms with E-state index in [0.717, 1.165) is 12.1 Å². The fourth-order valence-corrected chi connectivity index (χ4v) is 7.67. The molecule has 57 heavy (non-hydrogen) atoms. The summed E-state index contributed by atoms with van der Waals surface area (Å²) in [5, 5.41) is 23.1. The van der Waals surface area contributed by atoms with Crippen LogP contribution in [0, 0.1) is 18.6 Å². The van der Waals surface area contributed by atoms with E-state index in [1.807, 2.05) is 0 Å². The van der Waals surface area contributed by atoms with Gasteiger partial charge in [-0.05, 0) is 138 Å². The zero-order chi connectivity index (χ0) is 42.0. The predicted octanol–water partition coefficient (Wildman–Crippen LogP) is 11.0. The van der Waals surface area contributed by atoms with Crippen molar-refractivity contribution >= 4 is 22.7 Å². The van der Waals surface area contributed by atoms with Crippen LogP contribution in [0.5, 0.6) is 5.75 Å². The van der Waals surface area contributed by atoms with Crippen molar-refractivity contribution in [2.75, 3.05) is 0 Å². The van der Waals surface area contributed by atoms with Crippen molar-refractivity contribution in [2.45, 2.75) is 97.0 Å². The molecule has 0 spiro atoms. The summed E-state index contributed by atoms with van der Waals surface area (Å²) in [6.07, 6.45) is -4.87. The summed E-state index contributed by atoms with van der Waals surface area (Å²) in [6.45, 7) is 12.9. The highest BCUT2D eigenvalue weighted by atomic mass is 19.4. The van der Waals surface area contributed by atoms with Gasteiger partial charge in [-0.25, -0.2) is 8.78 Å². The van der Waals surface area contributed by atoms with Crippen molar-refractivity contribution in [3.8, 4) is 28.0 Å². The molecule has 0 saturated heterocycles. The zero-order valence-electron chi connectivity index (χ0n) is 32.7. The van der Waals surface area contributed by atoms with Gasteiger partial charge in [0.25, 0.3) is 0 Å². The lowest BCUT2D eigenvalue weighted by atomic mass is 9.77. The Morgan fingerprint density at radius 2 is 1.19 bits per heavy atom. The standard InChI is InChI=1S/C45H43F5O7/c1-24-13-14-28(29-11-9-10-12-34(29)55-45(48,49)50)22-30(24)35-37(51)43(6,7)57-44(8,40(35)54)20-19-25-15-16-26(27-17-18-32(46)33(47)23-27)21-31(25)36-38(52)41(2,3)56-42(4,5)39(36)53/h9-18,21-23,51-52H,19-20H2,1-8H3. The number of halogens is 5. The highest BCUT2D eigenvalue weighted by Gasteiger charge is 2.51. The average molecular weight is 791 g/mol. The number of aliphatic hydroxyl groups is 2. The molecular weight excluding hydrogens is 747 g/mol. The number of benzene rings is 4. The lowest BCUT2D eigenvalue weighted by molar-refractivity contribution is -0.274. The molecule has 2 N–H and O–H groups in total. The van der Waals surface area contributed by atoms with Crippen molar-refractivity contribution in [3.63, 3.8) is 0 Å².